The van der Waals surface area contributed by atoms with E-state index in [1.54, 1.807) is 42.5 Å². The molecule has 0 radical (unpaired) electrons. The van der Waals surface area contributed by atoms with Crippen molar-refractivity contribution in [1.82, 2.24) is 5.32 Å². The molecule has 0 aromatic heterocycles. The third-order valence-electron chi connectivity index (χ3n) is 6.87. The molecule has 0 unspecified atom stereocenters. The topological polar surface area (TPSA) is 103 Å². The van der Waals surface area contributed by atoms with Crippen LogP contribution in [0.4, 0.5) is 5.69 Å². The van der Waals surface area contributed by atoms with Crippen molar-refractivity contribution >= 4 is 39.1 Å². The van der Waals surface area contributed by atoms with Crippen molar-refractivity contribution in [2.75, 3.05) is 12.4 Å². The average molecular weight is 573 g/mol. The lowest BCUT2D eigenvalue weighted by Gasteiger charge is -2.25. The van der Waals surface area contributed by atoms with Crippen LogP contribution in [0.3, 0.4) is 0 Å². The fraction of sp³-hybridized carbons (Fsp3) is 0.269. The number of anilines is 1. The molecule has 2 aliphatic heterocycles. The Morgan fingerprint density at radius 1 is 1.17 bits per heavy atom. The van der Waals surface area contributed by atoms with Gasteiger partial charge in [-0.1, -0.05) is 41.9 Å². The highest BCUT2D eigenvalue weighted by Gasteiger charge is 2.67. The molecule has 0 saturated carbocycles. The number of carbonyl (C=O) groups excluding carboxylic acids is 1. The van der Waals surface area contributed by atoms with Gasteiger partial charge in [0, 0.05) is 27.2 Å². The van der Waals surface area contributed by atoms with E-state index in [9.17, 15) is 14.9 Å². The first kappa shape index (κ1) is 24.5. The fourth-order valence-electron chi connectivity index (χ4n) is 5.41. The van der Waals surface area contributed by atoms with Crippen molar-refractivity contribution in [3.8, 4) is 11.5 Å². The summed E-state index contributed by atoms with van der Waals surface area (Å²) in [6, 6.07) is 16.3. The number of hydrogen-bond acceptors (Lipinski definition) is 6. The summed E-state index contributed by atoms with van der Waals surface area (Å²) in [5.41, 5.74) is 1.22. The Morgan fingerprint density at radius 2 is 1.94 bits per heavy atom. The Morgan fingerprint density at radius 3 is 2.67 bits per heavy atom. The summed E-state index contributed by atoms with van der Waals surface area (Å²) in [5.74, 6) is -0.152. The molecule has 3 aromatic rings. The van der Waals surface area contributed by atoms with E-state index in [-0.39, 0.29) is 17.6 Å². The Bertz CT molecular complexity index is 1370. The van der Waals surface area contributed by atoms with Crippen molar-refractivity contribution in [2.24, 2.45) is 0 Å². The minimum Gasteiger partial charge on any atom is -0.493 e. The molecule has 8 nitrogen and oxygen atoms in total. The molecule has 2 heterocycles. The molecular formula is C26H23BrClN3O5. The van der Waals surface area contributed by atoms with Crippen LogP contribution in [0.5, 0.6) is 11.5 Å². The largest absolute Gasteiger partial charge is 0.493 e. The number of benzene rings is 3. The van der Waals surface area contributed by atoms with E-state index in [1.165, 1.54) is 7.11 Å². The number of rotatable bonds is 6. The number of nitro groups is 1. The first-order chi connectivity index (χ1) is 17.3. The standard InChI is InChI=1S/C26H23BrClN3O5/c1-14-22(24(31(33)34)26(30-14)18-8-3-4-9-20(18)29-25(26)32)16-11-19(27)23(21(12-16)35-2)36-13-15-6-5-7-17(28)10-15/h3-12,14,22,24,30H,13H2,1-2H3,(H,29,32)/t14-,22-,24-,26-/m0/s1. The molecule has 0 aliphatic carbocycles. The van der Waals surface area contributed by atoms with Crippen LogP contribution in [0, 0.1) is 10.1 Å². The van der Waals surface area contributed by atoms with Crippen LogP contribution in [0.15, 0.2) is 65.1 Å². The van der Waals surface area contributed by atoms with Gasteiger partial charge in [-0.3, -0.25) is 20.2 Å². The van der Waals surface area contributed by atoms with Crippen LogP contribution in [-0.4, -0.2) is 30.0 Å². The number of ether oxygens (including phenoxy) is 2. The monoisotopic (exact) mass is 571 g/mol. The van der Waals surface area contributed by atoms with Gasteiger partial charge in [-0.15, -0.1) is 0 Å². The summed E-state index contributed by atoms with van der Waals surface area (Å²) >= 11 is 9.64. The Hall–Kier alpha value is -3.14. The predicted molar refractivity (Wildman–Crippen MR) is 139 cm³/mol. The first-order valence-electron chi connectivity index (χ1n) is 11.3. The van der Waals surface area contributed by atoms with Gasteiger partial charge < -0.3 is 14.8 Å². The number of nitrogens with zero attached hydrogens (tertiary/aromatic N) is 1. The number of halogens is 2. The molecule has 0 bridgehead atoms. The highest BCUT2D eigenvalue weighted by molar-refractivity contribution is 9.10. The van der Waals surface area contributed by atoms with Crippen LogP contribution in [0.25, 0.3) is 0 Å². The second-order valence-electron chi connectivity index (χ2n) is 8.95. The predicted octanol–water partition coefficient (Wildman–Crippen LogP) is 5.26. The van der Waals surface area contributed by atoms with E-state index in [4.69, 9.17) is 21.1 Å². The van der Waals surface area contributed by atoms with Gasteiger partial charge in [-0.2, -0.15) is 0 Å². The highest BCUT2D eigenvalue weighted by Crippen LogP contribution is 2.51. The number of carbonyl (C=O) groups is 1. The van der Waals surface area contributed by atoms with Gasteiger partial charge in [-0.05, 0) is 64.3 Å². The summed E-state index contributed by atoms with van der Waals surface area (Å²) in [4.78, 5) is 25.4. The number of fused-ring (bicyclic) bond motifs is 2. The van der Waals surface area contributed by atoms with Crippen LogP contribution >= 0.6 is 27.5 Å². The minimum atomic E-state index is -1.48. The summed E-state index contributed by atoms with van der Waals surface area (Å²) < 4.78 is 12.2. The van der Waals surface area contributed by atoms with Crippen molar-refractivity contribution in [3.63, 3.8) is 0 Å². The summed E-state index contributed by atoms with van der Waals surface area (Å²) in [6.45, 7) is 2.11. The van der Waals surface area contributed by atoms with Crippen LogP contribution in [-0.2, 0) is 16.9 Å². The van der Waals surface area contributed by atoms with Crippen LogP contribution < -0.4 is 20.1 Å². The van der Waals surface area contributed by atoms with E-state index in [2.05, 4.69) is 26.6 Å². The Labute approximate surface area is 221 Å². The van der Waals surface area contributed by atoms with E-state index >= 15 is 0 Å². The van der Waals surface area contributed by atoms with Gasteiger partial charge in [0.15, 0.2) is 17.0 Å². The van der Waals surface area contributed by atoms with Crippen LogP contribution in [0.2, 0.25) is 5.02 Å². The smallest absolute Gasteiger partial charge is 0.256 e. The van der Waals surface area contributed by atoms with Gasteiger partial charge in [-0.25, -0.2) is 0 Å². The third-order valence-corrected chi connectivity index (χ3v) is 7.70. The molecule has 1 saturated heterocycles. The fourth-order valence-corrected chi connectivity index (χ4v) is 6.20. The van der Waals surface area contributed by atoms with Crippen molar-refractivity contribution in [2.45, 2.75) is 37.1 Å². The zero-order valence-electron chi connectivity index (χ0n) is 19.5. The van der Waals surface area contributed by atoms with E-state index in [1.807, 2.05) is 25.1 Å². The third kappa shape index (κ3) is 3.91. The summed E-state index contributed by atoms with van der Waals surface area (Å²) in [7, 11) is 1.52. The Kier molecular flexibility index (Phi) is 6.40. The highest BCUT2D eigenvalue weighted by atomic mass is 79.9. The minimum absolute atomic E-state index is 0.258. The molecule has 1 amide bonds. The molecule has 2 N–H and O–H groups in total. The summed E-state index contributed by atoms with van der Waals surface area (Å²) in [5, 5.41) is 19.3. The number of para-hydroxylation sites is 1. The van der Waals surface area contributed by atoms with E-state index < -0.39 is 23.4 Å². The van der Waals surface area contributed by atoms with Gasteiger partial charge in [0.25, 0.3) is 11.9 Å². The van der Waals surface area contributed by atoms with Gasteiger partial charge in [0.1, 0.15) is 6.61 Å². The normalized spacial score (nSPS) is 24.4. The van der Waals surface area contributed by atoms with Gasteiger partial charge >= 0.3 is 0 Å². The maximum atomic E-state index is 13.2. The van der Waals surface area contributed by atoms with E-state index in [0.29, 0.717) is 37.8 Å². The molecule has 5 rings (SSSR count). The maximum Gasteiger partial charge on any atom is 0.256 e. The van der Waals surface area contributed by atoms with Gasteiger partial charge in [0.2, 0.25) is 0 Å². The summed E-state index contributed by atoms with van der Waals surface area (Å²) in [6.07, 6.45) is 0. The molecule has 2 aliphatic rings. The molecule has 4 atom stereocenters. The molecular weight excluding hydrogens is 550 g/mol. The van der Waals surface area contributed by atoms with Gasteiger partial charge in [0.05, 0.1) is 17.5 Å². The lowest BCUT2D eigenvalue weighted by molar-refractivity contribution is -0.532. The SMILES string of the molecule is COc1cc([C@@H]2[C@H](C)N[C@]3(C(=O)Nc4ccccc43)[C@H]2[N+](=O)[O-])cc(Br)c1OCc1cccc(Cl)c1. The number of methoxy groups -OCH3 is 1. The van der Waals surface area contributed by atoms with Crippen molar-refractivity contribution < 1.29 is 19.2 Å². The van der Waals surface area contributed by atoms with Crippen molar-refractivity contribution in [1.29, 1.82) is 0 Å². The molecule has 1 spiro atoms. The molecule has 186 valence electrons. The van der Waals surface area contributed by atoms with E-state index in [0.717, 1.165) is 5.56 Å². The number of hydrogen-bond donors (Lipinski definition) is 2. The molecule has 3 aromatic carbocycles. The second-order valence-corrected chi connectivity index (χ2v) is 10.2. The molecule has 36 heavy (non-hydrogen) atoms. The average Bonchev–Trinajstić information content (AvgIpc) is 3.31. The van der Waals surface area contributed by atoms with Crippen molar-refractivity contribution in [3.05, 3.63) is 97.0 Å². The Balaban J connectivity index is 1.53. The lowest BCUT2D eigenvalue weighted by atomic mass is 9.78. The molecule has 10 heteroatoms. The molecule has 1 fully saturated rings. The maximum absolute atomic E-state index is 13.2. The lowest BCUT2D eigenvalue weighted by Crippen LogP contribution is -2.54. The van der Waals surface area contributed by atoms with Crippen LogP contribution in [0.1, 0.15) is 29.5 Å². The zero-order chi connectivity index (χ0) is 25.6. The number of nitrogens with one attached hydrogen (secondary N) is 2. The zero-order valence-corrected chi connectivity index (χ0v) is 21.8. The first-order valence-corrected chi connectivity index (χ1v) is 12.5. The number of amides is 1. The second kappa shape index (κ2) is 9.38. The quantitative estimate of drug-likeness (QED) is 0.309.